The average Bonchev–Trinajstić information content (AvgIpc) is 2.49. The Morgan fingerprint density at radius 3 is 2.86 bits per heavy atom. The molecule has 0 radical (unpaired) electrons. The second-order valence-electron chi connectivity index (χ2n) is 4.26. The number of rotatable bonds is 4. The molecule has 2 aromatic carbocycles. The summed E-state index contributed by atoms with van der Waals surface area (Å²) in [6.07, 6.45) is 0. The van der Waals surface area contributed by atoms with E-state index >= 15 is 0 Å². The van der Waals surface area contributed by atoms with Gasteiger partial charge in [0.15, 0.2) is 5.96 Å². The zero-order valence-corrected chi connectivity index (χ0v) is 13.0. The van der Waals surface area contributed by atoms with E-state index in [1.807, 2.05) is 24.3 Å². The monoisotopic (exact) mass is 351 g/mol. The third-order valence-electron chi connectivity index (χ3n) is 2.80. The van der Waals surface area contributed by atoms with Crippen molar-refractivity contribution < 1.29 is 9.13 Å². The molecule has 2 rings (SSSR count). The highest BCUT2D eigenvalue weighted by molar-refractivity contribution is 9.10. The summed E-state index contributed by atoms with van der Waals surface area (Å²) in [5, 5.41) is 2.96. The van der Waals surface area contributed by atoms with Crippen LogP contribution in [0.5, 0.6) is 5.75 Å². The number of nitrogens with one attached hydrogen (secondary N) is 1. The van der Waals surface area contributed by atoms with Crippen molar-refractivity contribution in [2.75, 3.05) is 12.4 Å². The Balaban J connectivity index is 2.09. The normalized spacial score (nSPS) is 11.3. The van der Waals surface area contributed by atoms with Gasteiger partial charge in [0.1, 0.15) is 11.6 Å². The van der Waals surface area contributed by atoms with E-state index in [4.69, 9.17) is 10.5 Å². The van der Waals surface area contributed by atoms with Crippen molar-refractivity contribution in [3.8, 4) is 5.75 Å². The van der Waals surface area contributed by atoms with E-state index in [-0.39, 0.29) is 18.3 Å². The predicted octanol–water partition coefficient (Wildman–Crippen LogP) is 3.52. The molecule has 0 aromatic heterocycles. The Bertz CT molecular complexity index is 661. The maximum Gasteiger partial charge on any atom is 0.193 e. The standard InChI is InChI=1S/C15H15BrFN3O/c1-21-14-5-3-2-4-13(14)20-15(18)19-9-10-8-11(17)6-7-12(10)16/h2-8H,9H2,1H3,(H3,18,19,20). The lowest BCUT2D eigenvalue weighted by molar-refractivity contribution is 0.417. The second kappa shape index (κ2) is 7.08. The first kappa shape index (κ1) is 15.3. The molecule has 0 fully saturated rings. The highest BCUT2D eigenvalue weighted by atomic mass is 79.9. The molecule has 21 heavy (non-hydrogen) atoms. The van der Waals surface area contributed by atoms with Gasteiger partial charge in [-0.1, -0.05) is 28.1 Å². The van der Waals surface area contributed by atoms with Crippen molar-refractivity contribution in [3.05, 3.63) is 58.3 Å². The van der Waals surface area contributed by atoms with Gasteiger partial charge in [-0.15, -0.1) is 0 Å². The fourth-order valence-electron chi connectivity index (χ4n) is 1.76. The predicted molar refractivity (Wildman–Crippen MR) is 86.0 cm³/mol. The summed E-state index contributed by atoms with van der Waals surface area (Å²) in [7, 11) is 1.58. The van der Waals surface area contributed by atoms with Gasteiger partial charge in [0, 0.05) is 4.47 Å². The molecule has 0 bridgehead atoms. The highest BCUT2D eigenvalue weighted by Crippen LogP contribution is 2.23. The van der Waals surface area contributed by atoms with E-state index in [2.05, 4.69) is 26.2 Å². The number of aliphatic imine (C=N–C) groups is 1. The van der Waals surface area contributed by atoms with Gasteiger partial charge in [-0.2, -0.15) is 0 Å². The van der Waals surface area contributed by atoms with Gasteiger partial charge in [0.25, 0.3) is 0 Å². The molecular weight excluding hydrogens is 337 g/mol. The topological polar surface area (TPSA) is 59.6 Å². The van der Waals surface area contributed by atoms with Crippen LogP contribution < -0.4 is 15.8 Å². The molecule has 0 aliphatic heterocycles. The van der Waals surface area contributed by atoms with E-state index in [0.29, 0.717) is 5.75 Å². The van der Waals surface area contributed by atoms with Crippen LogP contribution >= 0.6 is 15.9 Å². The van der Waals surface area contributed by atoms with Crippen LogP contribution in [0.25, 0.3) is 0 Å². The minimum absolute atomic E-state index is 0.232. The Morgan fingerprint density at radius 2 is 2.10 bits per heavy atom. The Labute approximate surface area is 131 Å². The molecule has 4 nitrogen and oxygen atoms in total. The summed E-state index contributed by atoms with van der Waals surface area (Å²) in [6, 6.07) is 11.8. The molecule has 0 aliphatic carbocycles. The van der Waals surface area contributed by atoms with Gasteiger partial charge in [-0.25, -0.2) is 9.38 Å². The minimum atomic E-state index is -0.306. The van der Waals surface area contributed by atoms with Crippen molar-refractivity contribution >= 4 is 27.6 Å². The van der Waals surface area contributed by atoms with E-state index in [9.17, 15) is 4.39 Å². The SMILES string of the molecule is COc1ccccc1NC(N)=NCc1cc(F)ccc1Br. The molecule has 2 aromatic rings. The van der Waals surface area contributed by atoms with Gasteiger partial charge < -0.3 is 15.8 Å². The Morgan fingerprint density at radius 1 is 1.33 bits per heavy atom. The molecule has 0 saturated heterocycles. The van der Waals surface area contributed by atoms with Crippen molar-refractivity contribution in [1.82, 2.24) is 0 Å². The third-order valence-corrected chi connectivity index (χ3v) is 3.57. The van der Waals surface area contributed by atoms with Crippen LogP contribution in [0.2, 0.25) is 0 Å². The summed E-state index contributed by atoms with van der Waals surface area (Å²) < 4.78 is 19.2. The molecule has 6 heteroatoms. The van der Waals surface area contributed by atoms with Crippen molar-refractivity contribution in [2.24, 2.45) is 10.7 Å². The molecule has 0 aliphatic rings. The molecule has 0 amide bonds. The first-order chi connectivity index (χ1) is 10.1. The number of benzene rings is 2. The lowest BCUT2D eigenvalue weighted by Gasteiger charge is -2.10. The molecule has 0 unspecified atom stereocenters. The summed E-state index contributed by atoms with van der Waals surface area (Å²) in [4.78, 5) is 4.20. The second-order valence-corrected chi connectivity index (χ2v) is 5.12. The number of guanidine groups is 1. The van der Waals surface area contributed by atoms with Crippen LogP contribution in [0, 0.1) is 5.82 Å². The highest BCUT2D eigenvalue weighted by Gasteiger charge is 2.04. The number of hydrogen-bond acceptors (Lipinski definition) is 2. The van der Waals surface area contributed by atoms with Crippen molar-refractivity contribution in [1.29, 1.82) is 0 Å². The maximum atomic E-state index is 13.2. The number of nitrogens with zero attached hydrogens (tertiary/aromatic N) is 1. The number of anilines is 1. The van der Waals surface area contributed by atoms with Gasteiger partial charge in [-0.05, 0) is 35.9 Å². The summed E-state index contributed by atoms with van der Waals surface area (Å²) >= 11 is 3.35. The van der Waals surface area contributed by atoms with Gasteiger partial charge in [0.2, 0.25) is 0 Å². The Kier molecular flexibility index (Phi) is 5.16. The number of methoxy groups -OCH3 is 1. The first-order valence-corrected chi connectivity index (χ1v) is 7.03. The molecule has 0 atom stereocenters. The smallest absolute Gasteiger partial charge is 0.193 e. The number of halogens is 2. The largest absolute Gasteiger partial charge is 0.495 e. The van der Waals surface area contributed by atoms with Crippen molar-refractivity contribution in [3.63, 3.8) is 0 Å². The average molecular weight is 352 g/mol. The van der Waals surface area contributed by atoms with Crippen molar-refractivity contribution in [2.45, 2.75) is 6.54 Å². The molecular formula is C15H15BrFN3O. The van der Waals surface area contributed by atoms with Crippen LogP contribution in [0.15, 0.2) is 51.9 Å². The van der Waals surface area contributed by atoms with Crippen LogP contribution in [0.3, 0.4) is 0 Å². The zero-order valence-electron chi connectivity index (χ0n) is 11.4. The quantitative estimate of drug-likeness (QED) is 0.654. The number of nitrogens with two attached hydrogens (primary N) is 1. The number of hydrogen-bond donors (Lipinski definition) is 2. The van der Waals surface area contributed by atoms with Crippen LogP contribution in [-0.4, -0.2) is 13.1 Å². The van der Waals surface area contributed by atoms with E-state index in [0.717, 1.165) is 15.7 Å². The third kappa shape index (κ3) is 4.19. The van der Waals surface area contributed by atoms with Crippen LogP contribution in [0.4, 0.5) is 10.1 Å². The van der Waals surface area contributed by atoms with E-state index in [1.165, 1.54) is 12.1 Å². The van der Waals surface area contributed by atoms with Crippen LogP contribution in [0.1, 0.15) is 5.56 Å². The molecule has 0 saturated carbocycles. The van der Waals surface area contributed by atoms with Gasteiger partial charge >= 0.3 is 0 Å². The molecule has 110 valence electrons. The number of ether oxygens (including phenoxy) is 1. The summed E-state index contributed by atoms with van der Waals surface area (Å²) in [5.41, 5.74) is 7.28. The molecule has 0 spiro atoms. The lowest BCUT2D eigenvalue weighted by Crippen LogP contribution is -2.23. The molecule has 3 N–H and O–H groups in total. The maximum absolute atomic E-state index is 13.2. The van der Waals surface area contributed by atoms with Crippen LogP contribution in [-0.2, 0) is 6.54 Å². The fourth-order valence-corrected chi connectivity index (χ4v) is 2.13. The lowest BCUT2D eigenvalue weighted by atomic mass is 10.2. The van der Waals surface area contributed by atoms with E-state index in [1.54, 1.807) is 13.2 Å². The summed E-state index contributed by atoms with van der Waals surface area (Å²) in [5.74, 6) is 0.595. The summed E-state index contributed by atoms with van der Waals surface area (Å²) in [6.45, 7) is 0.270. The van der Waals surface area contributed by atoms with Gasteiger partial charge in [0.05, 0.1) is 19.3 Å². The minimum Gasteiger partial charge on any atom is -0.495 e. The Hall–Kier alpha value is -2.08. The number of para-hydroxylation sites is 2. The first-order valence-electron chi connectivity index (χ1n) is 6.24. The fraction of sp³-hybridized carbons (Fsp3) is 0.133. The zero-order chi connectivity index (χ0) is 15.2. The van der Waals surface area contributed by atoms with Gasteiger partial charge in [-0.3, -0.25) is 0 Å². The van der Waals surface area contributed by atoms with E-state index < -0.39 is 0 Å². The molecule has 0 heterocycles.